The van der Waals surface area contributed by atoms with Crippen molar-refractivity contribution in [2.45, 2.75) is 75.4 Å². The van der Waals surface area contributed by atoms with E-state index >= 15 is 0 Å². The number of methoxy groups -OCH3 is 1. The summed E-state index contributed by atoms with van der Waals surface area (Å²) in [5.74, 6) is -1.27. The number of hydrogen-bond donors (Lipinski definition) is 3. The lowest BCUT2D eigenvalue weighted by Crippen LogP contribution is -2.59. The van der Waals surface area contributed by atoms with E-state index in [0.29, 0.717) is 24.5 Å². The Balaban J connectivity index is 1.39. The molecule has 0 bridgehead atoms. The van der Waals surface area contributed by atoms with E-state index in [1.54, 1.807) is 19.4 Å². The molecular formula is C30H39N5O7S. The molecule has 3 fully saturated rings. The molecule has 2 saturated carbocycles. The van der Waals surface area contributed by atoms with Crippen LogP contribution in [0.2, 0.25) is 0 Å². The Kier molecular flexibility index (Phi) is 7.93. The van der Waals surface area contributed by atoms with E-state index in [0.717, 1.165) is 10.8 Å². The highest BCUT2D eigenvalue weighted by Crippen LogP contribution is 2.45. The molecule has 5 rings (SSSR count). The molecule has 1 saturated heterocycles. The summed E-state index contributed by atoms with van der Waals surface area (Å²) in [6.45, 7) is 9.31. The Hall–Kier alpha value is -3.71. The quantitative estimate of drug-likeness (QED) is 0.337. The molecule has 2 heterocycles. The third-order valence-corrected chi connectivity index (χ3v) is 10.3. The predicted octanol–water partition coefficient (Wildman–Crippen LogP) is 1.63. The van der Waals surface area contributed by atoms with Gasteiger partial charge in [0.15, 0.2) is 0 Å². The van der Waals surface area contributed by atoms with Crippen LogP contribution < -0.4 is 25.2 Å². The van der Waals surface area contributed by atoms with Gasteiger partial charge in [0.25, 0.3) is 5.91 Å². The zero-order valence-electron chi connectivity index (χ0n) is 24.8. The van der Waals surface area contributed by atoms with E-state index in [4.69, 9.17) is 15.2 Å². The van der Waals surface area contributed by atoms with Gasteiger partial charge in [-0.3, -0.25) is 19.1 Å². The monoisotopic (exact) mass is 613 g/mol. The van der Waals surface area contributed by atoms with Gasteiger partial charge >= 0.3 is 0 Å². The largest absolute Gasteiger partial charge is 0.497 e. The number of carbonyl (C=O) groups is 3. The van der Waals surface area contributed by atoms with Gasteiger partial charge in [-0.05, 0) is 54.3 Å². The number of rotatable bonds is 10. The van der Waals surface area contributed by atoms with E-state index in [1.165, 1.54) is 11.0 Å². The van der Waals surface area contributed by atoms with E-state index in [2.05, 4.69) is 21.6 Å². The van der Waals surface area contributed by atoms with Gasteiger partial charge < -0.3 is 25.4 Å². The summed E-state index contributed by atoms with van der Waals surface area (Å²) in [4.78, 5) is 46.5. The smallest absolute Gasteiger partial charge is 0.259 e. The minimum Gasteiger partial charge on any atom is -0.497 e. The SMILES string of the molecule is C=CC1CC1(NC(=O)C1CC(Oc2nccc3cc(OC)ccc23)CN1C(=O)C(N)C(C)(C)C)C(=O)NS(=O)(=O)C1CC1. The predicted molar refractivity (Wildman–Crippen MR) is 160 cm³/mol. The average Bonchev–Trinajstić information content (AvgIpc) is 3.88. The molecule has 2 aromatic rings. The standard InChI is InChI=1S/C30H39N5O7S/c1-6-18-15-30(18,28(38)34-43(39,40)21-8-9-21)33-25(36)23-14-20(16-35(23)27(37)24(31)29(2,3)4)42-26-22-10-7-19(41-5)13-17(22)11-12-32-26/h6-7,10-13,18,20-21,23-24H,1,8-9,14-16,31H2,2-5H3,(H,33,36)(H,34,38). The van der Waals surface area contributed by atoms with Gasteiger partial charge in [0.2, 0.25) is 27.7 Å². The first kappa shape index (κ1) is 30.7. The second kappa shape index (κ2) is 11.1. The van der Waals surface area contributed by atoms with Crippen LogP contribution in [0.1, 0.15) is 46.5 Å². The second-order valence-corrected chi connectivity index (χ2v) is 14.7. The van der Waals surface area contributed by atoms with E-state index in [1.807, 2.05) is 39.0 Å². The third kappa shape index (κ3) is 6.05. The molecule has 3 aliphatic rings. The number of nitrogens with one attached hydrogen (secondary N) is 2. The molecule has 1 aromatic carbocycles. The maximum atomic E-state index is 13.9. The number of benzene rings is 1. The van der Waals surface area contributed by atoms with Crippen LogP contribution >= 0.6 is 0 Å². The van der Waals surface area contributed by atoms with Crippen molar-refractivity contribution < 1.29 is 32.3 Å². The van der Waals surface area contributed by atoms with Crippen LogP contribution in [-0.2, 0) is 24.4 Å². The van der Waals surface area contributed by atoms with Crippen molar-refractivity contribution in [2.24, 2.45) is 17.1 Å². The lowest BCUT2D eigenvalue weighted by atomic mass is 9.86. The topological polar surface area (TPSA) is 170 Å². The number of likely N-dealkylation sites (tertiary alicyclic amines) is 1. The molecule has 3 amide bonds. The van der Waals surface area contributed by atoms with Gasteiger partial charge in [-0.25, -0.2) is 13.4 Å². The lowest BCUT2D eigenvalue weighted by molar-refractivity contribution is -0.142. The van der Waals surface area contributed by atoms with Crippen LogP contribution in [-0.4, -0.2) is 78.7 Å². The fourth-order valence-electron chi connectivity index (χ4n) is 5.45. The minimum absolute atomic E-state index is 0.0645. The van der Waals surface area contributed by atoms with Crippen molar-refractivity contribution in [3.05, 3.63) is 43.1 Å². The lowest BCUT2D eigenvalue weighted by Gasteiger charge is -2.33. The van der Waals surface area contributed by atoms with Gasteiger partial charge in [0.05, 0.1) is 24.9 Å². The average molecular weight is 614 g/mol. The molecular weight excluding hydrogens is 574 g/mol. The van der Waals surface area contributed by atoms with Crippen LogP contribution in [0.3, 0.4) is 0 Å². The minimum atomic E-state index is -3.83. The van der Waals surface area contributed by atoms with Gasteiger partial charge in [-0.15, -0.1) is 6.58 Å². The van der Waals surface area contributed by atoms with Crippen LogP contribution in [0.15, 0.2) is 43.1 Å². The Morgan fingerprint density at radius 1 is 1.23 bits per heavy atom. The van der Waals surface area contributed by atoms with Crippen molar-refractivity contribution >= 4 is 38.5 Å². The fourth-order valence-corrected chi connectivity index (χ4v) is 6.81. The number of carbonyl (C=O) groups excluding carboxylic acids is 3. The van der Waals surface area contributed by atoms with Crippen molar-refractivity contribution in [3.63, 3.8) is 0 Å². The van der Waals surface area contributed by atoms with Crippen molar-refractivity contribution in [1.29, 1.82) is 0 Å². The molecule has 5 atom stereocenters. The summed E-state index contributed by atoms with van der Waals surface area (Å²) >= 11 is 0. The zero-order valence-corrected chi connectivity index (χ0v) is 25.6. The van der Waals surface area contributed by atoms with Crippen LogP contribution in [0.4, 0.5) is 0 Å². The van der Waals surface area contributed by atoms with E-state index in [9.17, 15) is 22.8 Å². The molecule has 13 heteroatoms. The molecule has 232 valence electrons. The fraction of sp³-hybridized carbons (Fsp3) is 0.533. The molecule has 5 unspecified atom stereocenters. The molecule has 2 aliphatic carbocycles. The number of ether oxygens (including phenoxy) is 2. The summed E-state index contributed by atoms with van der Waals surface area (Å²) in [5, 5.41) is 3.75. The number of nitrogens with two attached hydrogens (primary N) is 1. The normalized spacial score (nSPS) is 26.0. The van der Waals surface area contributed by atoms with E-state index in [-0.39, 0.29) is 19.4 Å². The first-order valence-corrected chi connectivity index (χ1v) is 15.9. The second-order valence-electron chi connectivity index (χ2n) is 12.7. The zero-order chi connectivity index (χ0) is 31.3. The molecule has 43 heavy (non-hydrogen) atoms. The highest BCUT2D eigenvalue weighted by atomic mass is 32.2. The maximum Gasteiger partial charge on any atom is 0.259 e. The molecule has 4 N–H and O–H groups in total. The molecule has 0 radical (unpaired) electrons. The summed E-state index contributed by atoms with van der Waals surface area (Å²) in [6, 6.07) is 5.37. The maximum absolute atomic E-state index is 13.9. The van der Waals surface area contributed by atoms with Crippen LogP contribution in [0.25, 0.3) is 10.8 Å². The summed E-state index contributed by atoms with van der Waals surface area (Å²) in [5.41, 5.74) is 4.28. The molecule has 1 aromatic heterocycles. The van der Waals surface area contributed by atoms with Gasteiger partial charge in [0, 0.05) is 23.9 Å². The number of nitrogens with zero attached hydrogens (tertiary/aromatic N) is 2. The Morgan fingerprint density at radius 3 is 2.56 bits per heavy atom. The summed E-state index contributed by atoms with van der Waals surface area (Å²) in [6.07, 6.45) is 3.79. The molecule has 12 nitrogen and oxygen atoms in total. The number of pyridine rings is 1. The van der Waals surface area contributed by atoms with Crippen LogP contribution in [0.5, 0.6) is 11.6 Å². The Morgan fingerprint density at radius 2 is 1.95 bits per heavy atom. The van der Waals surface area contributed by atoms with Crippen molar-refractivity contribution in [2.75, 3.05) is 13.7 Å². The van der Waals surface area contributed by atoms with Gasteiger partial charge in [-0.2, -0.15) is 0 Å². The number of aromatic nitrogens is 1. The van der Waals surface area contributed by atoms with Crippen molar-refractivity contribution in [3.8, 4) is 11.6 Å². The Bertz CT molecular complexity index is 1570. The van der Waals surface area contributed by atoms with Crippen molar-refractivity contribution in [1.82, 2.24) is 19.9 Å². The molecule has 0 spiro atoms. The first-order chi connectivity index (χ1) is 20.2. The van der Waals surface area contributed by atoms with Gasteiger partial charge in [-0.1, -0.05) is 26.8 Å². The number of fused-ring (bicyclic) bond motifs is 1. The molecule has 1 aliphatic heterocycles. The first-order valence-electron chi connectivity index (χ1n) is 14.4. The number of amides is 3. The Labute approximate surface area is 251 Å². The summed E-state index contributed by atoms with van der Waals surface area (Å²) in [7, 11) is -2.26. The third-order valence-electron chi connectivity index (χ3n) is 8.51. The highest BCUT2D eigenvalue weighted by molar-refractivity contribution is 7.91. The van der Waals surface area contributed by atoms with Crippen LogP contribution in [0, 0.1) is 11.3 Å². The summed E-state index contributed by atoms with van der Waals surface area (Å²) < 4.78 is 38.8. The highest BCUT2D eigenvalue weighted by Gasteiger charge is 2.62. The van der Waals surface area contributed by atoms with Gasteiger partial charge in [0.1, 0.15) is 23.4 Å². The van der Waals surface area contributed by atoms with E-state index < -0.39 is 68.1 Å². The number of hydrogen-bond acceptors (Lipinski definition) is 9. The number of sulfonamides is 1.